The summed E-state index contributed by atoms with van der Waals surface area (Å²) < 4.78 is 15.0. The Kier molecular flexibility index (Phi) is 3.29. The molecule has 0 atom stereocenters. The Balaban J connectivity index is 2.29. The summed E-state index contributed by atoms with van der Waals surface area (Å²) in [6.45, 7) is 1.70. The second kappa shape index (κ2) is 4.90. The third-order valence-corrected chi connectivity index (χ3v) is 2.69. The van der Waals surface area contributed by atoms with E-state index in [0.29, 0.717) is 11.3 Å². The van der Waals surface area contributed by atoms with E-state index in [1.54, 1.807) is 6.92 Å². The number of nitrogens with zero attached hydrogens (tertiary/aromatic N) is 3. The maximum atomic E-state index is 13.7. The van der Waals surface area contributed by atoms with Gasteiger partial charge in [0.05, 0.1) is 23.9 Å². The van der Waals surface area contributed by atoms with Crippen LogP contribution in [0.2, 0.25) is 0 Å². The van der Waals surface area contributed by atoms with Crippen LogP contribution in [0.25, 0.3) is 0 Å². The van der Waals surface area contributed by atoms with E-state index in [-0.39, 0.29) is 17.7 Å². The quantitative estimate of drug-likeness (QED) is 0.913. The van der Waals surface area contributed by atoms with E-state index >= 15 is 0 Å². The zero-order valence-electron chi connectivity index (χ0n) is 10.1. The van der Waals surface area contributed by atoms with Gasteiger partial charge in [-0.2, -0.15) is 10.4 Å². The summed E-state index contributed by atoms with van der Waals surface area (Å²) in [4.78, 5) is 10.9. The minimum absolute atomic E-state index is 0.0917. The Morgan fingerprint density at radius 1 is 1.58 bits per heavy atom. The van der Waals surface area contributed by atoms with Crippen molar-refractivity contribution >= 4 is 5.97 Å². The van der Waals surface area contributed by atoms with Gasteiger partial charge in [0, 0.05) is 11.8 Å². The van der Waals surface area contributed by atoms with Gasteiger partial charge in [0.1, 0.15) is 11.4 Å². The van der Waals surface area contributed by atoms with Gasteiger partial charge in [-0.15, -0.1) is 0 Å². The highest BCUT2D eigenvalue weighted by atomic mass is 19.1. The topological polar surface area (TPSA) is 78.9 Å². The van der Waals surface area contributed by atoms with E-state index in [2.05, 4.69) is 5.10 Å². The molecule has 1 aromatic heterocycles. The molecule has 0 spiro atoms. The Morgan fingerprint density at radius 2 is 2.32 bits per heavy atom. The maximum absolute atomic E-state index is 13.7. The molecule has 0 bridgehead atoms. The first-order valence-corrected chi connectivity index (χ1v) is 5.47. The lowest BCUT2D eigenvalue weighted by molar-refractivity contribution is 0.0696. The number of carboxylic acid groups (broad SMARTS) is 1. The van der Waals surface area contributed by atoms with Crippen molar-refractivity contribution < 1.29 is 14.3 Å². The standard InChI is InChI=1S/C13H10FN3O2/c1-8-11(13(18)19)7-17(16-8)6-10-3-2-9(5-15)4-12(10)14/h2-4,7H,6H2,1H3,(H,18,19). The molecule has 0 saturated heterocycles. The Morgan fingerprint density at radius 3 is 2.84 bits per heavy atom. The van der Waals surface area contributed by atoms with Gasteiger partial charge in [0.2, 0.25) is 0 Å². The predicted molar refractivity (Wildman–Crippen MR) is 64.1 cm³/mol. The van der Waals surface area contributed by atoms with Crippen molar-refractivity contribution in [1.82, 2.24) is 9.78 Å². The zero-order valence-corrected chi connectivity index (χ0v) is 10.1. The molecule has 96 valence electrons. The Bertz CT molecular complexity index is 686. The number of aryl methyl sites for hydroxylation is 1. The average Bonchev–Trinajstić information content (AvgIpc) is 2.73. The molecule has 0 radical (unpaired) electrons. The molecule has 19 heavy (non-hydrogen) atoms. The van der Waals surface area contributed by atoms with E-state index in [9.17, 15) is 9.18 Å². The van der Waals surface area contributed by atoms with Gasteiger partial charge in [-0.05, 0) is 19.1 Å². The molecule has 0 aliphatic rings. The molecule has 2 rings (SSSR count). The third-order valence-electron chi connectivity index (χ3n) is 2.69. The van der Waals surface area contributed by atoms with Crippen LogP contribution in [0.3, 0.4) is 0 Å². The van der Waals surface area contributed by atoms with Crippen LogP contribution >= 0.6 is 0 Å². The summed E-state index contributed by atoms with van der Waals surface area (Å²) in [5, 5.41) is 21.6. The molecular weight excluding hydrogens is 249 g/mol. The molecule has 0 amide bonds. The van der Waals surface area contributed by atoms with Gasteiger partial charge in [-0.25, -0.2) is 9.18 Å². The molecule has 1 heterocycles. The summed E-state index contributed by atoms with van der Waals surface area (Å²) in [6, 6.07) is 5.99. The van der Waals surface area contributed by atoms with Crippen LogP contribution in [0.5, 0.6) is 0 Å². The smallest absolute Gasteiger partial charge is 0.339 e. The lowest BCUT2D eigenvalue weighted by atomic mass is 10.1. The number of carboxylic acids is 1. The number of rotatable bonds is 3. The van der Waals surface area contributed by atoms with Gasteiger partial charge in [-0.1, -0.05) is 6.07 Å². The molecule has 2 aromatic rings. The van der Waals surface area contributed by atoms with Crippen molar-refractivity contribution in [2.75, 3.05) is 0 Å². The molecule has 0 fully saturated rings. The summed E-state index contributed by atoms with van der Waals surface area (Å²) in [6.07, 6.45) is 1.36. The fourth-order valence-electron chi connectivity index (χ4n) is 1.73. The minimum Gasteiger partial charge on any atom is -0.478 e. The number of hydrogen-bond acceptors (Lipinski definition) is 3. The van der Waals surface area contributed by atoms with E-state index in [0.717, 1.165) is 6.07 Å². The molecule has 0 aliphatic heterocycles. The van der Waals surface area contributed by atoms with Gasteiger partial charge in [-0.3, -0.25) is 4.68 Å². The number of nitriles is 1. The zero-order chi connectivity index (χ0) is 14.0. The van der Waals surface area contributed by atoms with E-state index in [1.807, 2.05) is 6.07 Å². The van der Waals surface area contributed by atoms with Crippen molar-refractivity contribution in [2.45, 2.75) is 13.5 Å². The molecule has 0 unspecified atom stereocenters. The number of benzene rings is 1. The second-order valence-corrected chi connectivity index (χ2v) is 4.05. The number of carbonyl (C=O) groups is 1. The summed E-state index contributed by atoms with van der Waals surface area (Å²) >= 11 is 0. The SMILES string of the molecule is Cc1nn(Cc2ccc(C#N)cc2F)cc1C(=O)O. The highest BCUT2D eigenvalue weighted by Crippen LogP contribution is 2.13. The fraction of sp³-hybridized carbons (Fsp3) is 0.154. The van der Waals surface area contributed by atoms with Gasteiger partial charge >= 0.3 is 5.97 Å². The lowest BCUT2D eigenvalue weighted by Crippen LogP contribution is -2.03. The van der Waals surface area contributed by atoms with Crippen LogP contribution < -0.4 is 0 Å². The number of hydrogen-bond donors (Lipinski definition) is 1. The third kappa shape index (κ3) is 2.60. The van der Waals surface area contributed by atoms with E-state index in [1.165, 1.54) is 23.0 Å². The second-order valence-electron chi connectivity index (χ2n) is 4.05. The number of aromatic carboxylic acids is 1. The molecule has 5 nitrogen and oxygen atoms in total. The van der Waals surface area contributed by atoms with Crippen LogP contribution in [-0.4, -0.2) is 20.9 Å². The molecule has 1 aromatic carbocycles. The van der Waals surface area contributed by atoms with Crippen LogP contribution in [0.1, 0.15) is 27.2 Å². The largest absolute Gasteiger partial charge is 0.478 e. The van der Waals surface area contributed by atoms with Crippen molar-refractivity contribution in [3.8, 4) is 6.07 Å². The average molecular weight is 259 g/mol. The van der Waals surface area contributed by atoms with E-state index < -0.39 is 11.8 Å². The maximum Gasteiger partial charge on any atom is 0.339 e. The van der Waals surface area contributed by atoms with Crippen molar-refractivity contribution in [3.63, 3.8) is 0 Å². The summed E-state index contributed by atoms with van der Waals surface area (Å²) in [7, 11) is 0. The number of halogens is 1. The highest BCUT2D eigenvalue weighted by Gasteiger charge is 2.13. The van der Waals surface area contributed by atoms with Crippen LogP contribution in [-0.2, 0) is 6.54 Å². The van der Waals surface area contributed by atoms with Crippen molar-refractivity contribution in [2.24, 2.45) is 0 Å². The van der Waals surface area contributed by atoms with Crippen LogP contribution in [0.15, 0.2) is 24.4 Å². The Hall–Kier alpha value is -2.68. The van der Waals surface area contributed by atoms with Crippen molar-refractivity contribution in [3.05, 3.63) is 52.6 Å². The molecule has 0 saturated carbocycles. The first-order valence-electron chi connectivity index (χ1n) is 5.47. The van der Waals surface area contributed by atoms with Crippen molar-refractivity contribution in [1.29, 1.82) is 5.26 Å². The van der Waals surface area contributed by atoms with Crippen LogP contribution in [0, 0.1) is 24.1 Å². The van der Waals surface area contributed by atoms with E-state index in [4.69, 9.17) is 10.4 Å². The first-order chi connectivity index (χ1) is 9.01. The first kappa shape index (κ1) is 12.8. The summed E-state index contributed by atoms with van der Waals surface area (Å²) in [5.74, 6) is -1.58. The van der Waals surface area contributed by atoms with Gasteiger partial charge in [0.15, 0.2) is 0 Å². The monoisotopic (exact) mass is 259 g/mol. The Labute approximate surface area is 108 Å². The molecular formula is C13H10FN3O2. The number of aromatic nitrogens is 2. The normalized spacial score (nSPS) is 10.2. The lowest BCUT2D eigenvalue weighted by Gasteiger charge is -2.03. The molecule has 0 aliphatic carbocycles. The van der Waals surface area contributed by atoms with Crippen LogP contribution in [0.4, 0.5) is 4.39 Å². The minimum atomic E-state index is -1.07. The predicted octanol–water partition coefficient (Wildman–Crippen LogP) is 1.95. The molecule has 1 N–H and O–H groups in total. The van der Waals surface area contributed by atoms with Gasteiger partial charge < -0.3 is 5.11 Å². The van der Waals surface area contributed by atoms with Gasteiger partial charge in [0.25, 0.3) is 0 Å². The fourth-order valence-corrected chi connectivity index (χ4v) is 1.73. The highest BCUT2D eigenvalue weighted by molar-refractivity contribution is 5.88. The summed E-state index contributed by atoms with van der Waals surface area (Å²) in [5.41, 5.74) is 1.05. The molecule has 6 heteroatoms.